The molecule has 1 N–H and O–H groups in total. The van der Waals surface area contributed by atoms with E-state index in [9.17, 15) is 14.7 Å². The smallest absolute Gasteiger partial charge is 0.411 e. The number of esters is 1. The number of rotatable bonds is 2. The summed E-state index contributed by atoms with van der Waals surface area (Å²) in [6.45, 7) is 7.14. The van der Waals surface area contributed by atoms with Crippen molar-refractivity contribution in [3.63, 3.8) is 0 Å². The summed E-state index contributed by atoms with van der Waals surface area (Å²) in [6, 6.07) is 6.59. The lowest BCUT2D eigenvalue weighted by molar-refractivity contribution is -0.151. The summed E-state index contributed by atoms with van der Waals surface area (Å²) in [5.74, 6) is -0.534. The fraction of sp³-hybridized carbons (Fsp3) is 0.500. The number of nitrogens with zero attached hydrogens (tertiary/aromatic N) is 2. The average Bonchev–Trinajstić information content (AvgIpc) is 2.87. The quantitative estimate of drug-likeness (QED) is 0.817. The highest BCUT2D eigenvalue weighted by atomic mass is 16.6. The summed E-state index contributed by atoms with van der Waals surface area (Å²) in [4.78, 5) is 26.9. The van der Waals surface area contributed by atoms with Gasteiger partial charge in [0.1, 0.15) is 11.7 Å². The number of β-amino-alcohol motifs (C(OH)–C–C–N with tert-alkyl or cyclic N) is 1. The molecule has 0 saturated heterocycles. The molecule has 0 saturated carbocycles. The molecule has 0 bridgehead atoms. The SMILES string of the molecule is CCOC(=O)C1c2c(n(C)c3ccccc23)C(O)CN1C(=O)OC(C)(C)C. The van der Waals surface area contributed by atoms with Crippen molar-refractivity contribution in [3.8, 4) is 0 Å². The molecule has 2 aromatic rings. The first-order chi connectivity index (χ1) is 12.7. The number of aryl methyl sites for hydroxylation is 1. The summed E-state index contributed by atoms with van der Waals surface area (Å²) >= 11 is 0. The monoisotopic (exact) mass is 374 g/mol. The van der Waals surface area contributed by atoms with E-state index in [1.807, 2.05) is 35.9 Å². The third kappa shape index (κ3) is 3.39. The molecule has 0 fully saturated rings. The summed E-state index contributed by atoms with van der Waals surface area (Å²) in [5.41, 5.74) is 1.37. The molecule has 1 aromatic carbocycles. The fourth-order valence-corrected chi connectivity index (χ4v) is 3.63. The van der Waals surface area contributed by atoms with E-state index in [4.69, 9.17) is 9.47 Å². The summed E-state index contributed by atoms with van der Waals surface area (Å²) < 4.78 is 12.6. The lowest BCUT2D eigenvalue weighted by Gasteiger charge is -2.37. The Morgan fingerprint density at radius 3 is 2.56 bits per heavy atom. The van der Waals surface area contributed by atoms with Gasteiger partial charge in [0.15, 0.2) is 6.04 Å². The Morgan fingerprint density at radius 1 is 1.26 bits per heavy atom. The van der Waals surface area contributed by atoms with Crippen LogP contribution in [0.25, 0.3) is 10.9 Å². The van der Waals surface area contributed by atoms with Crippen molar-refractivity contribution >= 4 is 23.0 Å². The van der Waals surface area contributed by atoms with Crippen LogP contribution in [-0.4, -0.2) is 45.4 Å². The Kier molecular flexibility index (Phi) is 4.90. The maximum Gasteiger partial charge on any atom is 0.411 e. The van der Waals surface area contributed by atoms with E-state index < -0.39 is 29.8 Å². The number of fused-ring (bicyclic) bond motifs is 3. The van der Waals surface area contributed by atoms with Crippen LogP contribution in [0, 0.1) is 0 Å². The maximum absolute atomic E-state index is 12.8. The van der Waals surface area contributed by atoms with Gasteiger partial charge in [-0.25, -0.2) is 9.59 Å². The van der Waals surface area contributed by atoms with Crippen molar-refractivity contribution in [1.29, 1.82) is 0 Å². The van der Waals surface area contributed by atoms with Gasteiger partial charge in [0.2, 0.25) is 0 Å². The van der Waals surface area contributed by atoms with Gasteiger partial charge in [0.05, 0.1) is 18.8 Å². The van der Waals surface area contributed by atoms with Crippen molar-refractivity contribution in [2.45, 2.75) is 45.4 Å². The molecule has 27 heavy (non-hydrogen) atoms. The number of aliphatic hydroxyl groups is 1. The van der Waals surface area contributed by atoms with Crippen LogP contribution in [0.5, 0.6) is 0 Å². The number of benzene rings is 1. The van der Waals surface area contributed by atoms with Crippen LogP contribution in [0.3, 0.4) is 0 Å². The van der Waals surface area contributed by atoms with E-state index in [0.29, 0.717) is 11.3 Å². The Bertz CT molecular complexity index is 880. The van der Waals surface area contributed by atoms with Crippen LogP contribution in [0.4, 0.5) is 4.79 Å². The Morgan fingerprint density at radius 2 is 1.93 bits per heavy atom. The predicted molar refractivity (Wildman–Crippen MR) is 100 cm³/mol. The normalized spacial score (nSPS) is 19.7. The van der Waals surface area contributed by atoms with Crippen molar-refractivity contribution in [2.75, 3.05) is 13.2 Å². The van der Waals surface area contributed by atoms with Crippen LogP contribution < -0.4 is 0 Å². The molecule has 7 heteroatoms. The Labute approximate surface area is 158 Å². The molecule has 3 rings (SSSR count). The molecule has 0 radical (unpaired) electrons. The van der Waals surface area contributed by atoms with Crippen LogP contribution >= 0.6 is 0 Å². The van der Waals surface area contributed by atoms with Crippen LogP contribution in [0.15, 0.2) is 24.3 Å². The summed E-state index contributed by atoms with van der Waals surface area (Å²) in [5, 5.41) is 11.6. The van der Waals surface area contributed by atoms with Gasteiger partial charge in [-0.3, -0.25) is 4.90 Å². The van der Waals surface area contributed by atoms with Gasteiger partial charge in [0, 0.05) is 23.5 Å². The Hall–Kier alpha value is -2.54. The van der Waals surface area contributed by atoms with Crippen LogP contribution in [0.2, 0.25) is 0 Å². The first kappa shape index (κ1) is 19.2. The van der Waals surface area contributed by atoms with E-state index in [2.05, 4.69) is 0 Å². The highest BCUT2D eigenvalue weighted by molar-refractivity contribution is 5.94. The zero-order valence-electron chi connectivity index (χ0n) is 16.4. The van der Waals surface area contributed by atoms with Crippen molar-refractivity contribution in [1.82, 2.24) is 9.47 Å². The summed E-state index contributed by atoms with van der Waals surface area (Å²) in [7, 11) is 1.84. The third-order valence-electron chi connectivity index (χ3n) is 4.60. The zero-order valence-corrected chi connectivity index (χ0v) is 16.4. The molecule has 1 amide bonds. The largest absolute Gasteiger partial charge is 0.464 e. The lowest BCUT2D eigenvalue weighted by atomic mass is 9.94. The number of ether oxygens (including phenoxy) is 2. The first-order valence-corrected chi connectivity index (χ1v) is 9.07. The number of hydrogen-bond acceptors (Lipinski definition) is 5. The average molecular weight is 374 g/mol. The molecule has 0 spiro atoms. The number of amides is 1. The Balaban J connectivity index is 2.18. The molecular formula is C20H26N2O5. The van der Waals surface area contributed by atoms with Crippen molar-refractivity contribution in [3.05, 3.63) is 35.5 Å². The minimum absolute atomic E-state index is 0.0461. The van der Waals surface area contributed by atoms with E-state index in [-0.39, 0.29) is 13.2 Å². The fourth-order valence-electron chi connectivity index (χ4n) is 3.63. The molecule has 146 valence electrons. The van der Waals surface area contributed by atoms with Crippen LogP contribution in [0.1, 0.15) is 51.1 Å². The van der Waals surface area contributed by atoms with Gasteiger partial charge in [-0.15, -0.1) is 0 Å². The number of aliphatic hydroxyl groups excluding tert-OH is 1. The minimum Gasteiger partial charge on any atom is -0.464 e. The number of hydrogen-bond donors (Lipinski definition) is 1. The number of carbonyl (C=O) groups is 2. The third-order valence-corrected chi connectivity index (χ3v) is 4.60. The van der Waals surface area contributed by atoms with Gasteiger partial charge in [-0.1, -0.05) is 18.2 Å². The van der Waals surface area contributed by atoms with E-state index in [1.54, 1.807) is 27.7 Å². The molecular weight excluding hydrogens is 348 g/mol. The van der Waals surface area contributed by atoms with Gasteiger partial charge >= 0.3 is 12.1 Å². The molecule has 2 unspecified atom stereocenters. The molecule has 2 heterocycles. The molecule has 1 aliphatic rings. The van der Waals surface area contributed by atoms with Crippen LogP contribution in [-0.2, 0) is 21.3 Å². The summed E-state index contributed by atoms with van der Waals surface area (Å²) in [6.07, 6.45) is -1.59. The molecule has 0 aliphatic carbocycles. The first-order valence-electron chi connectivity index (χ1n) is 9.07. The highest BCUT2D eigenvalue weighted by Gasteiger charge is 2.44. The number of para-hydroxylation sites is 1. The van der Waals surface area contributed by atoms with Gasteiger partial charge in [-0.2, -0.15) is 0 Å². The molecule has 2 atom stereocenters. The van der Waals surface area contributed by atoms with E-state index >= 15 is 0 Å². The maximum atomic E-state index is 12.8. The molecule has 1 aliphatic heterocycles. The van der Waals surface area contributed by atoms with E-state index in [0.717, 1.165) is 10.9 Å². The second-order valence-corrected chi connectivity index (χ2v) is 7.68. The topological polar surface area (TPSA) is 81.0 Å². The number of aromatic nitrogens is 1. The second kappa shape index (κ2) is 6.88. The van der Waals surface area contributed by atoms with Gasteiger partial charge in [0.25, 0.3) is 0 Å². The lowest BCUT2D eigenvalue weighted by Crippen LogP contribution is -2.47. The van der Waals surface area contributed by atoms with Crippen molar-refractivity contribution in [2.24, 2.45) is 7.05 Å². The zero-order chi connectivity index (χ0) is 19.9. The number of carbonyl (C=O) groups excluding carboxylic acids is 2. The molecule has 1 aromatic heterocycles. The van der Waals surface area contributed by atoms with Gasteiger partial charge < -0.3 is 19.1 Å². The van der Waals surface area contributed by atoms with Gasteiger partial charge in [-0.05, 0) is 33.8 Å². The minimum atomic E-state index is -0.968. The standard InChI is InChI=1S/C20H26N2O5/c1-6-26-18(24)17-15-12-9-7-8-10-13(12)21(5)16(15)14(23)11-22(17)19(25)27-20(2,3)4/h7-10,14,17,23H,6,11H2,1-5H3. The van der Waals surface area contributed by atoms with Crippen molar-refractivity contribution < 1.29 is 24.2 Å². The second-order valence-electron chi connectivity index (χ2n) is 7.68. The van der Waals surface area contributed by atoms with E-state index in [1.165, 1.54) is 4.90 Å². The predicted octanol–water partition coefficient (Wildman–Crippen LogP) is 3.07. The highest BCUT2D eigenvalue weighted by Crippen LogP contribution is 2.42. The molecule has 7 nitrogen and oxygen atoms in total.